The summed E-state index contributed by atoms with van der Waals surface area (Å²) in [7, 11) is 0. The summed E-state index contributed by atoms with van der Waals surface area (Å²) in [4.78, 5) is 15.4. The zero-order valence-electron chi connectivity index (χ0n) is 13.6. The Morgan fingerprint density at radius 2 is 1.96 bits per heavy atom. The number of benzene rings is 1. The number of rotatable bonds is 3. The van der Waals surface area contributed by atoms with Crippen LogP contribution in [0.4, 0.5) is 0 Å². The van der Waals surface area contributed by atoms with Crippen molar-refractivity contribution < 1.29 is 9.90 Å². The van der Waals surface area contributed by atoms with Gasteiger partial charge in [-0.2, -0.15) is 0 Å². The van der Waals surface area contributed by atoms with Crippen LogP contribution in [0.5, 0.6) is 0 Å². The summed E-state index contributed by atoms with van der Waals surface area (Å²) in [6.07, 6.45) is 5.79. The highest BCUT2D eigenvalue weighted by atomic mass is 35.5. The number of halogens is 1. The van der Waals surface area contributed by atoms with Crippen LogP contribution in [0.25, 0.3) is 0 Å². The molecular weight excluding hydrogens is 344 g/mol. The van der Waals surface area contributed by atoms with Crippen molar-refractivity contribution in [1.29, 1.82) is 5.41 Å². The number of aliphatic carboxylic acids is 1. The van der Waals surface area contributed by atoms with Gasteiger partial charge in [0.15, 0.2) is 0 Å². The zero-order valence-corrected chi connectivity index (χ0v) is 15.3. The lowest BCUT2D eigenvalue weighted by Crippen LogP contribution is -2.49. The summed E-state index contributed by atoms with van der Waals surface area (Å²) in [5.41, 5.74) is 0.981. The van der Waals surface area contributed by atoms with Gasteiger partial charge in [0, 0.05) is 21.7 Å². The molecule has 4 unspecified atom stereocenters. The van der Waals surface area contributed by atoms with E-state index in [1.807, 2.05) is 18.2 Å². The molecule has 0 radical (unpaired) electrons. The number of carboxylic acid groups (broad SMARTS) is 1. The van der Waals surface area contributed by atoms with Gasteiger partial charge in [-0.1, -0.05) is 18.2 Å². The minimum absolute atomic E-state index is 0. The Labute approximate surface area is 152 Å². The van der Waals surface area contributed by atoms with Crippen molar-refractivity contribution in [3.8, 4) is 0 Å². The third-order valence-electron chi connectivity index (χ3n) is 6.13. The summed E-state index contributed by atoms with van der Waals surface area (Å²) in [5, 5.41) is 17.5. The first-order chi connectivity index (χ1) is 11.0. The van der Waals surface area contributed by atoms with E-state index >= 15 is 0 Å². The van der Waals surface area contributed by atoms with Crippen LogP contribution in [0.1, 0.15) is 44.1 Å². The maximum Gasteiger partial charge on any atom is 0.312 e. The fraction of sp³-hybridized carbons (Fsp3) is 0.556. The van der Waals surface area contributed by atoms with Gasteiger partial charge >= 0.3 is 5.97 Å². The van der Waals surface area contributed by atoms with Crippen LogP contribution < -0.4 is 0 Å². The van der Waals surface area contributed by atoms with Crippen LogP contribution in [0.15, 0.2) is 29.2 Å². The fourth-order valence-corrected chi connectivity index (χ4v) is 6.63. The first-order valence-corrected chi connectivity index (χ1v) is 9.15. The quantitative estimate of drug-likeness (QED) is 0.627. The van der Waals surface area contributed by atoms with Crippen LogP contribution in [0.2, 0.25) is 0 Å². The Morgan fingerprint density at radius 3 is 2.54 bits per heavy atom. The summed E-state index contributed by atoms with van der Waals surface area (Å²) in [6.45, 7) is 2.15. The average Bonchev–Trinajstić information content (AvgIpc) is 2.97. The standard InChI is InChI=1S/C18H22N2O2S.ClH/c1-18(11-8-12-6-7-13(9-11)20(12)10-19)16(17(21)22)14-4-2-3-5-15(14)23-18;/h2-5,10-13,16,19H,6-9H2,1H3,(H,21,22);1H. The molecule has 6 heteroatoms. The molecule has 4 atom stereocenters. The van der Waals surface area contributed by atoms with Crippen LogP contribution in [0.3, 0.4) is 0 Å². The zero-order chi connectivity index (χ0) is 16.2. The average molecular weight is 367 g/mol. The number of piperidine rings is 1. The van der Waals surface area contributed by atoms with Crippen LogP contribution in [-0.4, -0.2) is 39.1 Å². The van der Waals surface area contributed by atoms with E-state index in [0.717, 1.165) is 36.1 Å². The molecule has 0 aromatic heterocycles. The topological polar surface area (TPSA) is 64.4 Å². The van der Waals surface area contributed by atoms with Crippen LogP contribution in [-0.2, 0) is 4.79 Å². The predicted molar refractivity (Wildman–Crippen MR) is 98.5 cm³/mol. The van der Waals surface area contributed by atoms with Crippen molar-refractivity contribution in [2.24, 2.45) is 5.92 Å². The van der Waals surface area contributed by atoms with Gasteiger partial charge in [0.1, 0.15) is 0 Å². The summed E-state index contributed by atoms with van der Waals surface area (Å²) in [5.74, 6) is -0.749. The number of hydrogen-bond donors (Lipinski definition) is 2. The number of fused-ring (bicyclic) bond motifs is 3. The molecule has 2 saturated heterocycles. The predicted octanol–water partition coefficient (Wildman–Crippen LogP) is 3.99. The summed E-state index contributed by atoms with van der Waals surface area (Å²) < 4.78 is -0.287. The minimum Gasteiger partial charge on any atom is -0.481 e. The normalized spacial score (nSPS) is 36.8. The molecule has 1 aromatic carbocycles. The van der Waals surface area contributed by atoms with Gasteiger partial charge in [-0.05, 0) is 50.2 Å². The van der Waals surface area contributed by atoms with E-state index in [4.69, 9.17) is 5.41 Å². The highest BCUT2D eigenvalue weighted by Crippen LogP contribution is 2.60. The van der Waals surface area contributed by atoms with E-state index in [1.54, 1.807) is 11.8 Å². The molecule has 0 aliphatic carbocycles. The second-order valence-corrected chi connectivity index (χ2v) is 8.75. The van der Waals surface area contributed by atoms with Crippen molar-refractivity contribution in [3.63, 3.8) is 0 Å². The highest BCUT2D eigenvalue weighted by molar-refractivity contribution is 8.01. The van der Waals surface area contributed by atoms with Gasteiger partial charge < -0.3 is 10.0 Å². The van der Waals surface area contributed by atoms with E-state index in [1.165, 1.54) is 6.34 Å². The fourth-order valence-electron chi connectivity index (χ4n) is 5.01. The number of nitrogens with zero attached hydrogens (tertiary/aromatic N) is 1. The number of carboxylic acids is 1. The largest absolute Gasteiger partial charge is 0.481 e. The molecule has 2 N–H and O–H groups in total. The highest BCUT2D eigenvalue weighted by Gasteiger charge is 2.55. The summed E-state index contributed by atoms with van der Waals surface area (Å²) >= 11 is 1.77. The Balaban J connectivity index is 0.00000169. The van der Waals surface area contributed by atoms with Gasteiger partial charge in [0.25, 0.3) is 0 Å². The van der Waals surface area contributed by atoms with Crippen molar-refractivity contribution in [2.75, 3.05) is 0 Å². The number of nitrogens with one attached hydrogen (secondary N) is 1. The van der Waals surface area contributed by atoms with Crippen LogP contribution in [0, 0.1) is 11.3 Å². The summed E-state index contributed by atoms with van der Waals surface area (Å²) in [6, 6.07) is 8.83. The van der Waals surface area contributed by atoms with Crippen molar-refractivity contribution in [2.45, 2.75) is 60.3 Å². The van der Waals surface area contributed by atoms with Gasteiger partial charge in [0.2, 0.25) is 0 Å². The Bertz CT molecular complexity index is 656. The molecule has 1 aromatic rings. The molecule has 2 fully saturated rings. The molecule has 4 rings (SSSR count). The molecule has 2 bridgehead atoms. The smallest absolute Gasteiger partial charge is 0.312 e. The lowest BCUT2D eigenvalue weighted by atomic mass is 9.73. The number of carbonyl (C=O) groups is 1. The molecule has 24 heavy (non-hydrogen) atoms. The van der Waals surface area contributed by atoms with Gasteiger partial charge in [0.05, 0.1) is 12.3 Å². The van der Waals surface area contributed by atoms with Gasteiger partial charge in [-0.3, -0.25) is 10.2 Å². The van der Waals surface area contributed by atoms with E-state index < -0.39 is 11.9 Å². The molecule has 3 aliphatic heterocycles. The molecule has 0 saturated carbocycles. The van der Waals surface area contributed by atoms with Crippen molar-refractivity contribution >= 4 is 36.5 Å². The molecule has 0 spiro atoms. The van der Waals surface area contributed by atoms with E-state index in [0.29, 0.717) is 18.0 Å². The first-order valence-electron chi connectivity index (χ1n) is 8.33. The second kappa shape index (κ2) is 6.26. The van der Waals surface area contributed by atoms with Gasteiger partial charge in [-0.25, -0.2) is 0 Å². The monoisotopic (exact) mass is 366 g/mol. The van der Waals surface area contributed by atoms with Crippen molar-refractivity contribution in [3.05, 3.63) is 29.8 Å². The van der Waals surface area contributed by atoms with E-state index in [2.05, 4.69) is 17.9 Å². The molecular formula is C18H23ClN2O2S. The molecule has 0 amide bonds. The lowest BCUT2D eigenvalue weighted by Gasteiger charge is -2.45. The Hall–Kier alpha value is -1.20. The molecule has 130 valence electrons. The molecule has 4 nitrogen and oxygen atoms in total. The van der Waals surface area contributed by atoms with Crippen LogP contribution >= 0.6 is 24.2 Å². The third-order valence-corrected chi connectivity index (χ3v) is 7.73. The second-order valence-electron chi connectivity index (χ2n) is 7.22. The third kappa shape index (κ3) is 2.44. The van der Waals surface area contributed by atoms with Gasteiger partial charge in [-0.15, -0.1) is 24.2 Å². The number of thioether (sulfide) groups is 1. The van der Waals surface area contributed by atoms with E-state index in [-0.39, 0.29) is 17.2 Å². The maximum absolute atomic E-state index is 12.1. The maximum atomic E-state index is 12.1. The Morgan fingerprint density at radius 1 is 1.33 bits per heavy atom. The van der Waals surface area contributed by atoms with E-state index in [9.17, 15) is 9.90 Å². The molecule has 3 heterocycles. The number of hydrogen-bond acceptors (Lipinski definition) is 3. The Kier molecular flexibility index (Phi) is 4.60. The minimum atomic E-state index is -0.702. The first kappa shape index (κ1) is 17.6. The van der Waals surface area contributed by atoms with Crippen molar-refractivity contribution in [1.82, 2.24) is 4.90 Å². The lowest BCUT2D eigenvalue weighted by molar-refractivity contribution is -0.140. The SMILES string of the molecule is CC1(C2CC3CCC(C2)N3C=N)Sc2ccccc2C1C(=O)O.Cl. The molecule has 3 aliphatic rings.